The molecule has 0 saturated heterocycles. The molecule has 0 amide bonds. The van der Waals surface area contributed by atoms with Crippen LogP contribution in [0, 0.1) is 6.92 Å². The van der Waals surface area contributed by atoms with Crippen LogP contribution in [-0.4, -0.2) is 17.0 Å². The number of halogens is 1. The SMILES string of the molecule is Cc1cc(Cl)cc(N=C(N)N=C(N)N)c1O. The Morgan fingerprint density at radius 1 is 1.31 bits per heavy atom. The summed E-state index contributed by atoms with van der Waals surface area (Å²) in [5.41, 5.74) is 16.5. The van der Waals surface area contributed by atoms with Gasteiger partial charge in [0.25, 0.3) is 0 Å². The highest BCUT2D eigenvalue weighted by atomic mass is 35.5. The van der Waals surface area contributed by atoms with Gasteiger partial charge < -0.3 is 22.3 Å². The summed E-state index contributed by atoms with van der Waals surface area (Å²) in [6.07, 6.45) is 0. The maximum atomic E-state index is 9.67. The van der Waals surface area contributed by atoms with Crippen LogP contribution in [0.25, 0.3) is 0 Å². The third-order valence-electron chi connectivity index (χ3n) is 1.72. The number of aryl methyl sites for hydroxylation is 1. The van der Waals surface area contributed by atoms with E-state index in [1.807, 2.05) is 0 Å². The zero-order valence-electron chi connectivity index (χ0n) is 8.61. The molecule has 7 heteroatoms. The average molecular weight is 242 g/mol. The number of phenolic OH excluding ortho intramolecular Hbond substituents is 1. The molecule has 0 aliphatic heterocycles. The van der Waals surface area contributed by atoms with Gasteiger partial charge in [-0.1, -0.05) is 11.6 Å². The summed E-state index contributed by atoms with van der Waals surface area (Å²) in [7, 11) is 0. The van der Waals surface area contributed by atoms with Crippen molar-refractivity contribution < 1.29 is 5.11 Å². The number of hydrogen-bond acceptors (Lipinski definition) is 2. The summed E-state index contributed by atoms with van der Waals surface area (Å²) in [4.78, 5) is 7.35. The predicted octanol–water partition coefficient (Wildman–Crippen LogP) is 0.574. The van der Waals surface area contributed by atoms with E-state index in [4.69, 9.17) is 28.8 Å². The van der Waals surface area contributed by atoms with E-state index in [0.717, 1.165) is 0 Å². The average Bonchev–Trinajstić information content (AvgIpc) is 2.11. The molecule has 0 aliphatic rings. The van der Waals surface area contributed by atoms with Crippen LogP contribution in [0.1, 0.15) is 5.56 Å². The van der Waals surface area contributed by atoms with Gasteiger partial charge in [-0.2, -0.15) is 4.99 Å². The van der Waals surface area contributed by atoms with Gasteiger partial charge in [-0.25, -0.2) is 4.99 Å². The second-order valence-electron chi connectivity index (χ2n) is 3.10. The molecule has 1 rings (SSSR count). The largest absolute Gasteiger partial charge is 0.505 e. The van der Waals surface area contributed by atoms with E-state index in [1.54, 1.807) is 13.0 Å². The molecule has 0 unspecified atom stereocenters. The minimum Gasteiger partial charge on any atom is -0.505 e. The fourth-order valence-electron chi connectivity index (χ4n) is 1.08. The lowest BCUT2D eigenvalue weighted by atomic mass is 10.2. The molecule has 0 spiro atoms. The van der Waals surface area contributed by atoms with Crippen LogP contribution in [0.5, 0.6) is 5.75 Å². The minimum absolute atomic E-state index is 0.0156. The van der Waals surface area contributed by atoms with Gasteiger partial charge >= 0.3 is 0 Å². The Morgan fingerprint density at radius 3 is 2.50 bits per heavy atom. The van der Waals surface area contributed by atoms with Crippen LogP contribution in [0.4, 0.5) is 5.69 Å². The maximum Gasteiger partial charge on any atom is 0.223 e. The van der Waals surface area contributed by atoms with Crippen molar-refractivity contribution in [1.29, 1.82) is 0 Å². The van der Waals surface area contributed by atoms with Gasteiger partial charge in [0.15, 0.2) is 5.96 Å². The molecule has 0 fully saturated rings. The Bertz CT molecular complexity index is 465. The summed E-state index contributed by atoms with van der Waals surface area (Å²) < 4.78 is 0. The third-order valence-corrected chi connectivity index (χ3v) is 1.94. The van der Waals surface area contributed by atoms with Crippen LogP contribution in [0.15, 0.2) is 22.1 Å². The number of guanidine groups is 2. The highest BCUT2D eigenvalue weighted by molar-refractivity contribution is 6.31. The quantitative estimate of drug-likeness (QED) is 0.424. The summed E-state index contributed by atoms with van der Waals surface area (Å²) in [6.45, 7) is 1.69. The lowest BCUT2D eigenvalue weighted by molar-refractivity contribution is 0.472. The fraction of sp³-hybridized carbons (Fsp3) is 0.111. The van der Waals surface area contributed by atoms with E-state index in [-0.39, 0.29) is 23.4 Å². The predicted molar refractivity (Wildman–Crippen MR) is 64.9 cm³/mol. The lowest BCUT2D eigenvalue weighted by Crippen LogP contribution is -2.26. The minimum atomic E-state index is -0.209. The van der Waals surface area contributed by atoms with Crippen LogP contribution in [-0.2, 0) is 0 Å². The molecule has 1 aromatic carbocycles. The first kappa shape index (κ1) is 12.1. The van der Waals surface area contributed by atoms with Crippen molar-refractivity contribution in [3.63, 3.8) is 0 Å². The number of nitrogens with two attached hydrogens (primary N) is 3. The molecule has 0 saturated carbocycles. The summed E-state index contributed by atoms with van der Waals surface area (Å²) in [5, 5.41) is 10.1. The van der Waals surface area contributed by atoms with E-state index in [0.29, 0.717) is 10.6 Å². The van der Waals surface area contributed by atoms with Crippen molar-refractivity contribution in [1.82, 2.24) is 0 Å². The highest BCUT2D eigenvalue weighted by Gasteiger charge is 2.05. The molecule has 0 heterocycles. The Hall–Kier alpha value is -1.95. The van der Waals surface area contributed by atoms with Crippen molar-refractivity contribution in [2.24, 2.45) is 27.2 Å². The van der Waals surface area contributed by atoms with Gasteiger partial charge in [0.2, 0.25) is 5.96 Å². The third kappa shape index (κ3) is 3.03. The van der Waals surface area contributed by atoms with Gasteiger partial charge in [0.05, 0.1) is 0 Å². The number of hydrogen-bond donors (Lipinski definition) is 4. The van der Waals surface area contributed by atoms with Crippen molar-refractivity contribution >= 4 is 29.2 Å². The number of rotatable bonds is 1. The zero-order valence-corrected chi connectivity index (χ0v) is 9.36. The molecule has 7 N–H and O–H groups in total. The van der Waals surface area contributed by atoms with Crippen LogP contribution >= 0.6 is 11.6 Å². The second kappa shape index (κ2) is 4.71. The number of benzene rings is 1. The molecule has 6 nitrogen and oxygen atoms in total. The van der Waals surface area contributed by atoms with E-state index in [1.165, 1.54) is 6.07 Å². The highest BCUT2D eigenvalue weighted by Crippen LogP contribution is 2.33. The molecule has 1 aromatic rings. The Labute approximate surface area is 97.4 Å². The fourth-order valence-corrected chi connectivity index (χ4v) is 1.35. The summed E-state index contributed by atoms with van der Waals surface area (Å²) in [5.74, 6) is -0.380. The normalized spacial score (nSPS) is 11.2. The maximum absolute atomic E-state index is 9.67. The van der Waals surface area contributed by atoms with E-state index < -0.39 is 0 Å². The lowest BCUT2D eigenvalue weighted by Gasteiger charge is -2.04. The topological polar surface area (TPSA) is 123 Å². The Morgan fingerprint density at radius 2 is 1.94 bits per heavy atom. The first-order chi connectivity index (χ1) is 7.40. The molecule has 86 valence electrons. The van der Waals surface area contributed by atoms with E-state index >= 15 is 0 Å². The summed E-state index contributed by atoms with van der Waals surface area (Å²) in [6, 6.07) is 3.06. The van der Waals surface area contributed by atoms with Crippen LogP contribution in [0.2, 0.25) is 5.02 Å². The van der Waals surface area contributed by atoms with E-state index in [2.05, 4.69) is 9.98 Å². The first-order valence-electron chi connectivity index (χ1n) is 4.33. The molecule has 0 atom stereocenters. The molecular formula is C9H12ClN5O. The molecule has 16 heavy (non-hydrogen) atoms. The second-order valence-corrected chi connectivity index (χ2v) is 3.53. The van der Waals surface area contributed by atoms with Gasteiger partial charge in [-0.15, -0.1) is 0 Å². The number of aliphatic imine (C=N–C) groups is 2. The molecule has 0 bridgehead atoms. The first-order valence-corrected chi connectivity index (χ1v) is 4.71. The molecule has 0 aromatic heterocycles. The van der Waals surface area contributed by atoms with Gasteiger partial charge in [-0.05, 0) is 24.6 Å². The zero-order chi connectivity index (χ0) is 12.3. The Kier molecular flexibility index (Phi) is 3.57. The standard InChI is InChI=1S/C9H12ClN5O/c1-4-2-5(10)3-6(7(4)16)14-9(13)15-8(11)12/h2-3,16H,1H3,(H6,11,12,13,14,15). The monoisotopic (exact) mass is 241 g/mol. The van der Waals surface area contributed by atoms with Crippen molar-refractivity contribution in [2.75, 3.05) is 0 Å². The van der Waals surface area contributed by atoms with Crippen LogP contribution in [0.3, 0.4) is 0 Å². The Balaban J connectivity index is 3.20. The molecule has 0 radical (unpaired) electrons. The van der Waals surface area contributed by atoms with E-state index in [9.17, 15) is 5.11 Å². The van der Waals surface area contributed by atoms with Gasteiger partial charge in [0, 0.05) is 5.02 Å². The molecule has 0 aliphatic carbocycles. The number of phenols is 1. The van der Waals surface area contributed by atoms with Gasteiger partial charge in [-0.3, -0.25) is 0 Å². The smallest absolute Gasteiger partial charge is 0.223 e. The van der Waals surface area contributed by atoms with Crippen LogP contribution < -0.4 is 17.2 Å². The van der Waals surface area contributed by atoms with Gasteiger partial charge in [0.1, 0.15) is 11.4 Å². The number of nitrogens with zero attached hydrogens (tertiary/aromatic N) is 2. The van der Waals surface area contributed by atoms with Crippen molar-refractivity contribution in [3.8, 4) is 5.75 Å². The van der Waals surface area contributed by atoms with Crippen molar-refractivity contribution in [3.05, 3.63) is 22.7 Å². The summed E-state index contributed by atoms with van der Waals surface area (Å²) >= 11 is 5.80. The molecular weight excluding hydrogens is 230 g/mol. The van der Waals surface area contributed by atoms with Crippen molar-refractivity contribution in [2.45, 2.75) is 6.92 Å². The number of aromatic hydroxyl groups is 1.